The van der Waals surface area contributed by atoms with Gasteiger partial charge in [-0.25, -0.2) is 4.79 Å². The summed E-state index contributed by atoms with van der Waals surface area (Å²) in [7, 11) is 3.26. The number of carbonyl (C=O) groups is 2. The number of nitrogens with one attached hydrogen (secondary N) is 1. The van der Waals surface area contributed by atoms with Crippen molar-refractivity contribution in [3.63, 3.8) is 0 Å². The molecular formula is C19H33N5O5. The Morgan fingerprint density at radius 2 is 2.17 bits per heavy atom. The fraction of sp³-hybridized carbons (Fsp3) is 0.737. The minimum absolute atomic E-state index is 0.155. The van der Waals surface area contributed by atoms with Gasteiger partial charge in [0.15, 0.2) is 0 Å². The highest BCUT2D eigenvalue weighted by atomic mass is 16.7. The molecule has 1 fully saturated rings. The van der Waals surface area contributed by atoms with Crippen molar-refractivity contribution in [2.75, 3.05) is 39.1 Å². The summed E-state index contributed by atoms with van der Waals surface area (Å²) >= 11 is 0. The van der Waals surface area contributed by atoms with Gasteiger partial charge in [-0.1, -0.05) is 0 Å². The van der Waals surface area contributed by atoms with Gasteiger partial charge >= 0.3 is 6.09 Å². The first-order valence-corrected chi connectivity index (χ1v) is 9.82. The smallest absolute Gasteiger partial charge is 0.410 e. The van der Waals surface area contributed by atoms with E-state index in [1.54, 1.807) is 29.0 Å². The molecule has 1 saturated heterocycles. The molecule has 0 aromatic carbocycles. The van der Waals surface area contributed by atoms with Crippen LogP contribution in [0.1, 0.15) is 33.6 Å². The van der Waals surface area contributed by atoms with Crippen LogP contribution in [-0.4, -0.2) is 82.3 Å². The highest BCUT2D eigenvalue weighted by Gasteiger charge is 2.31. The Morgan fingerprint density at radius 3 is 2.83 bits per heavy atom. The number of hydrogen-bond acceptors (Lipinski definition) is 7. The van der Waals surface area contributed by atoms with E-state index in [1.807, 2.05) is 20.8 Å². The molecule has 0 aliphatic carbocycles. The standard InChI is InChI=1S/C19H33N5O5/c1-19(2,3)29-18(27)23-8-6-7-14(10-23)17(26)21-15-9-20-24(11-15)13-16(25)12-22(4)28-5/h9,11,14,16,25H,6-8,10,12-13H2,1-5H3,(H,21,26)/t14-,16+/m0/s1. The van der Waals surface area contributed by atoms with Crippen molar-refractivity contribution in [2.24, 2.45) is 5.92 Å². The Balaban J connectivity index is 1.87. The molecule has 1 aromatic rings. The summed E-state index contributed by atoms with van der Waals surface area (Å²) in [6, 6.07) is 0. The molecule has 2 rings (SSSR count). The Hall–Kier alpha value is -2.17. The summed E-state index contributed by atoms with van der Waals surface area (Å²) in [6.45, 7) is 6.99. The molecule has 0 bridgehead atoms. The number of hydroxylamine groups is 2. The summed E-state index contributed by atoms with van der Waals surface area (Å²) in [5, 5.41) is 18.6. The van der Waals surface area contributed by atoms with Crippen LogP contribution in [0.2, 0.25) is 0 Å². The van der Waals surface area contributed by atoms with E-state index in [1.165, 1.54) is 12.2 Å². The number of aromatic nitrogens is 2. The number of likely N-dealkylation sites (N-methyl/N-ethyl adjacent to an activating group) is 1. The van der Waals surface area contributed by atoms with Crippen molar-refractivity contribution >= 4 is 17.7 Å². The van der Waals surface area contributed by atoms with Crippen molar-refractivity contribution in [3.8, 4) is 0 Å². The van der Waals surface area contributed by atoms with Crippen molar-refractivity contribution in [1.82, 2.24) is 19.7 Å². The zero-order valence-corrected chi connectivity index (χ0v) is 17.9. The molecule has 0 saturated carbocycles. The summed E-state index contributed by atoms with van der Waals surface area (Å²) in [5.41, 5.74) is -0.0135. The predicted octanol–water partition coefficient (Wildman–Crippen LogP) is 1.32. The highest BCUT2D eigenvalue weighted by molar-refractivity contribution is 5.92. The van der Waals surface area contributed by atoms with Gasteiger partial charge in [0.1, 0.15) is 5.60 Å². The van der Waals surface area contributed by atoms with Gasteiger partial charge in [-0.3, -0.25) is 9.48 Å². The molecule has 10 heteroatoms. The summed E-state index contributed by atoms with van der Waals surface area (Å²) in [4.78, 5) is 31.5. The maximum atomic E-state index is 12.6. The van der Waals surface area contributed by atoms with Crippen LogP contribution in [-0.2, 0) is 20.9 Å². The molecule has 1 aliphatic rings. The van der Waals surface area contributed by atoms with Gasteiger partial charge < -0.3 is 24.9 Å². The first-order chi connectivity index (χ1) is 13.6. The zero-order chi connectivity index (χ0) is 21.6. The lowest BCUT2D eigenvalue weighted by Crippen LogP contribution is -2.45. The van der Waals surface area contributed by atoms with E-state index in [9.17, 15) is 14.7 Å². The molecule has 2 atom stereocenters. The van der Waals surface area contributed by atoms with Gasteiger partial charge in [0.2, 0.25) is 5.91 Å². The predicted molar refractivity (Wildman–Crippen MR) is 107 cm³/mol. The Bertz CT molecular complexity index is 687. The fourth-order valence-corrected chi connectivity index (χ4v) is 3.10. The van der Waals surface area contributed by atoms with E-state index in [-0.39, 0.29) is 18.4 Å². The first kappa shape index (κ1) is 23.1. The second kappa shape index (κ2) is 10.0. The molecule has 1 aromatic heterocycles. The fourth-order valence-electron chi connectivity index (χ4n) is 3.10. The normalized spacial score (nSPS) is 18.6. The Labute approximate surface area is 171 Å². The Morgan fingerprint density at radius 1 is 1.45 bits per heavy atom. The van der Waals surface area contributed by atoms with Crippen molar-refractivity contribution in [2.45, 2.75) is 51.9 Å². The van der Waals surface area contributed by atoms with Crippen LogP contribution in [0.5, 0.6) is 0 Å². The van der Waals surface area contributed by atoms with Crippen LogP contribution in [0.25, 0.3) is 0 Å². The van der Waals surface area contributed by atoms with Crippen LogP contribution in [0.3, 0.4) is 0 Å². The van der Waals surface area contributed by atoms with E-state index >= 15 is 0 Å². The van der Waals surface area contributed by atoms with Crippen LogP contribution >= 0.6 is 0 Å². The zero-order valence-electron chi connectivity index (χ0n) is 17.9. The number of ether oxygens (including phenoxy) is 1. The van der Waals surface area contributed by atoms with Crippen LogP contribution < -0.4 is 5.32 Å². The molecule has 164 valence electrons. The van der Waals surface area contributed by atoms with Crippen molar-refractivity contribution < 1.29 is 24.3 Å². The molecular weight excluding hydrogens is 378 g/mol. The third kappa shape index (κ3) is 7.64. The SMILES string of the molecule is CON(C)C[C@@H](O)Cn1cc(NC(=O)[C@H]2CCCN(C(=O)OC(C)(C)C)C2)cn1. The lowest BCUT2D eigenvalue weighted by atomic mass is 9.97. The molecule has 0 spiro atoms. The molecule has 0 unspecified atom stereocenters. The number of hydrogen-bond donors (Lipinski definition) is 2. The van der Waals surface area contributed by atoms with E-state index < -0.39 is 17.8 Å². The van der Waals surface area contributed by atoms with Crippen LogP contribution in [0.4, 0.5) is 10.5 Å². The minimum Gasteiger partial charge on any atom is -0.444 e. The molecule has 29 heavy (non-hydrogen) atoms. The summed E-state index contributed by atoms with van der Waals surface area (Å²) in [5.74, 6) is -0.460. The maximum absolute atomic E-state index is 12.6. The van der Waals surface area contributed by atoms with Crippen molar-refractivity contribution in [3.05, 3.63) is 12.4 Å². The summed E-state index contributed by atoms with van der Waals surface area (Å²) < 4.78 is 6.97. The van der Waals surface area contributed by atoms with Gasteiger partial charge in [-0.2, -0.15) is 10.2 Å². The molecule has 0 radical (unpaired) electrons. The largest absolute Gasteiger partial charge is 0.444 e. The lowest BCUT2D eigenvalue weighted by Gasteiger charge is -2.33. The van der Waals surface area contributed by atoms with Gasteiger partial charge in [0.25, 0.3) is 0 Å². The number of aliphatic hydroxyl groups excluding tert-OH is 1. The van der Waals surface area contributed by atoms with E-state index in [4.69, 9.17) is 9.57 Å². The van der Waals surface area contributed by atoms with Crippen molar-refractivity contribution in [1.29, 1.82) is 0 Å². The third-order valence-corrected chi connectivity index (χ3v) is 4.52. The second-order valence-corrected chi connectivity index (χ2v) is 8.35. The summed E-state index contributed by atoms with van der Waals surface area (Å²) in [6.07, 6.45) is 3.61. The lowest BCUT2D eigenvalue weighted by molar-refractivity contribution is -0.129. The monoisotopic (exact) mass is 411 g/mol. The Kier molecular flexibility index (Phi) is 8.00. The number of likely N-dealkylation sites (tertiary alicyclic amines) is 1. The topological polar surface area (TPSA) is 109 Å². The number of amides is 2. The third-order valence-electron chi connectivity index (χ3n) is 4.52. The minimum atomic E-state index is -0.663. The molecule has 2 heterocycles. The van der Waals surface area contributed by atoms with E-state index in [0.717, 1.165) is 6.42 Å². The quantitative estimate of drug-likeness (QED) is 0.651. The van der Waals surface area contributed by atoms with E-state index in [2.05, 4.69) is 10.4 Å². The van der Waals surface area contributed by atoms with E-state index in [0.29, 0.717) is 31.7 Å². The van der Waals surface area contributed by atoms with Gasteiger partial charge in [-0.15, -0.1) is 0 Å². The van der Waals surface area contributed by atoms with Crippen LogP contribution in [0, 0.1) is 5.92 Å². The number of nitrogens with zero attached hydrogens (tertiary/aromatic N) is 4. The average molecular weight is 412 g/mol. The average Bonchev–Trinajstić information content (AvgIpc) is 3.06. The number of aliphatic hydroxyl groups is 1. The second-order valence-electron chi connectivity index (χ2n) is 8.35. The molecule has 2 N–H and O–H groups in total. The molecule has 1 aliphatic heterocycles. The number of anilines is 1. The number of rotatable bonds is 7. The van der Waals surface area contributed by atoms with Gasteiger partial charge in [0.05, 0.1) is 44.1 Å². The van der Waals surface area contributed by atoms with Gasteiger partial charge in [-0.05, 0) is 33.6 Å². The van der Waals surface area contributed by atoms with Gasteiger partial charge in [0, 0.05) is 26.3 Å². The first-order valence-electron chi connectivity index (χ1n) is 9.82. The van der Waals surface area contributed by atoms with Crippen LogP contribution in [0.15, 0.2) is 12.4 Å². The molecule has 10 nitrogen and oxygen atoms in total. The maximum Gasteiger partial charge on any atom is 0.410 e. The number of piperidine rings is 1. The molecule has 2 amide bonds. The highest BCUT2D eigenvalue weighted by Crippen LogP contribution is 2.21. The number of carbonyl (C=O) groups excluding carboxylic acids is 2.